The largest absolute Gasteiger partial charge is 0.349 e. The Kier molecular flexibility index (Phi) is 5.04. The van der Waals surface area contributed by atoms with Crippen molar-refractivity contribution < 1.29 is 14.3 Å². The first-order valence-electron chi connectivity index (χ1n) is 5.66. The minimum atomic E-state index is -0.826. The number of hydrogen-bond donors (Lipinski definition) is 0. The minimum Gasteiger partial charge on any atom is -0.349 e. The van der Waals surface area contributed by atoms with Crippen molar-refractivity contribution in [1.29, 1.82) is 0 Å². The lowest BCUT2D eigenvalue weighted by molar-refractivity contribution is -0.151. The van der Waals surface area contributed by atoms with Crippen molar-refractivity contribution in [2.45, 2.75) is 6.29 Å². The van der Waals surface area contributed by atoms with Gasteiger partial charge in [0.1, 0.15) is 0 Å². The van der Waals surface area contributed by atoms with Gasteiger partial charge in [-0.3, -0.25) is 4.79 Å². The molecule has 0 fully saturated rings. The van der Waals surface area contributed by atoms with Crippen LogP contribution in [0.15, 0.2) is 35.7 Å². The maximum absolute atomic E-state index is 11.7. The Morgan fingerprint density at radius 1 is 1.21 bits per heavy atom. The molecule has 0 aromatic carbocycles. The summed E-state index contributed by atoms with van der Waals surface area (Å²) in [6.45, 7) is 0. The molecule has 0 saturated carbocycles. The molecular weight excluding hydrogens is 280 g/mol. The summed E-state index contributed by atoms with van der Waals surface area (Å²) in [4.78, 5) is 15.2. The van der Waals surface area contributed by atoms with E-state index in [4.69, 9.17) is 9.47 Å². The quantitative estimate of drug-likeness (QED) is 0.602. The van der Waals surface area contributed by atoms with Crippen LogP contribution in [0.2, 0.25) is 0 Å². The molecule has 3 nitrogen and oxygen atoms in total. The Morgan fingerprint density at radius 3 is 2.63 bits per heavy atom. The van der Waals surface area contributed by atoms with Gasteiger partial charge in [0.2, 0.25) is 12.1 Å². The van der Waals surface area contributed by atoms with Crippen LogP contribution in [-0.2, 0) is 14.3 Å². The third kappa shape index (κ3) is 3.61. The minimum absolute atomic E-state index is 0.198. The summed E-state index contributed by atoms with van der Waals surface area (Å²) in [5.41, 5.74) is 0. The Labute approximate surface area is 120 Å². The van der Waals surface area contributed by atoms with Crippen LogP contribution in [0, 0.1) is 0 Å². The van der Waals surface area contributed by atoms with Gasteiger partial charge in [0.15, 0.2) is 0 Å². The Balaban J connectivity index is 2.06. The second kappa shape index (κ2) is 6.77. The maximum atomic E-state index is 11.7. The van der Waals surface area contributed by atoms with Crippen LogP contribution in [0.25, 0.3) is 15.8 Å². The lowest BCUT2D eigenvalue weighted by Gasteiger charge is -2.08. The number of rotatable bonds is 6. The number of hydrogen-bond acceptors (Lipinski definition) is 5. The highest BCUT2D eigenvalue weighted by Gasteiger charge is 2.13. The van der Waals surface area contributed by atoms with E-state index in [1.807, 2.05) is 12.1 Å². The monoisotopic (exact) mass is 294 g/mol. The molecule has 5 heteroatoms. The maximum Gasteiger partial charge on any atom is 0.221 e. The van der Waals surface area contributed by atoms with Gasteiger partial charge < -0.3 is 9.47 Å². The number of carbonyl (C=O) groups is 1. The number of ketones is 1. The van der Waals surface area contributed by atoms with Crippen LogP contribution in [0.3, 0.4) is 0 Å². The number of thiophene rings is 2. The van der Waals surface area contributed by atoms with E-state index in [1.165, 1.54) is 30.0 Å². The second-order valence-corrected chi connectivity index (χ2v) is 5.78. The lowest BCUT2D eigenvalue weighted by atomic mass is 10.3. The van der Waals surface area contributed by atoms with E-state index in [0.29, 0.717) is 0 Å². The highest BCUT2D eigenvalue weighted by atomic mass is 32.1. The van der Waals surface area contributed by atoms with E-state index < -0.39 is 6.29 Å². The van der Waals surface area contributed by atoms with Gasteiger partial charge in [-0.2, -0.15) is 0 Å². The normalized spacial score (nSPS) is 11.5. The van der Waals surface area contributed by atoms with Crippen molar-refractivity contribution in [3.8, 4) is 9.75 Å². The Hall–Kier alpha value is -1.27. The van der Waals surface area contributed by atoms with Crippen molar-refractivity contribution in [2.75, 3.05) is 14.2 Å². The van der Waals surface area contributed by atoms with Gasteiger partial charge >= 0.3 is 0 Å². The fourth-order valence-electron chi connectivity index (χ4n) is 1.56. The Bertz CT molecular complexity index is 551. The summed E-state index contributed by atoms with van der Waals surface area (Å²) in [5, 5.41) is 2.05. The average molecular weight is 294 g/mol. The van der Waals surface area contributed by atoms with Gasteiger partial charge in [0.05, 0.1) is 0 Å². The van der Waals surface area contributed by atoms with E-state index in [-0.39, 0.29) is 5.78 Å². The SMILES string of the molecule is COC(OC)C(=O)C=Cc1ccc(-c2cccs2)s1. The average Bonchev–Trinajstić information content (AvgIpc) is 3.08. The molecule has 100 valence electrons. The zero-order valence-electron chi connectivity index (χ0n) is 10.7. The van der Waals surface area contributed by atoms with E-state index in [2.05, 4.69) is 17.5 Å². The first-order valence-corrected chi connectivity index (χ1v) is 7.35. The van der Waals surface area contributed by atoms with Crippen LogP contribution >= 0.6 is 22.7 Å². The first kappa shape index (κ1) is 14.1. The molecule has 2 aromatic heterocycles. The zero-order valence-corrected chi connectivity index (χ0v) is 12.3. The molecule has 0 aliphatic heterocycles. The van der Waals surface area contributed by atoms with E-state index in [1.54, 1.807) is 28.7 Å². The molecular formula is C14H14O3S2. The third-order valence-electron chi connectivity index (χ3n) is 2.46. The summed E-state index contributed by atoms with van der Waals surface area (Å²) in [6, 6.07) is 8.17. The molecule has 0 saturated heterocycles. The molecule has 19 heavy (non-hydrogen) atoms. The number of ether oxygens (including phenoxy) is 2. The summed E-state index contributed by atoms with van der Waals surface area (Å²) in [5.74, 6) is -0.198. The first-order chi connectivity index (χ1) is 9.24. The topological polar surface area (TPSA) is 35.5 Å². The van der Waals surface area contributed by atoms with Gasteiger partial charge in [0, 0.05) is 28.9 Å². The summed E-state index contributed by atoms with van der Waals surface area (Å²) in [7, 11) is 2.89. The van der Waals surface area contributed by atoms with Gasteiger partial charge in [-0.15, -0.1) is 22.7 Å². The molecule has 0 aliphatic carbocycles. The predicted octanol–water partition coefficient (Wildman–Crippen LogP) is 3.68. The Morgan fingerprint density at radius 2 is 2.00 bits per heavy atom. The van der Waals surface area contributed by atoms with E-state index in [9.17, 15) is 4.79 Å². The fourth-order valence-corrected chi connectivity index (χ4v) is 3.31. The van der Waals surface area contributed by atoms with Gasteiger partial charge in [0.25, 0.3) is 0 Å². The van der Waals surface area contributed by atoms with Crippen molar-refractivity contribution in [3.63, 3.8) is 0 Å². The molecule has 0 bridgehead atoms. The standard InChI is InChI=1S/C14H14O3S2/c1-16-14(17-2)11(15)7-5-10-6-8-13(19-10)12-4-3-9-18-12/h3-9,14H,1-2H3. The summed E-state index contributed by atoms with van der Waals surface area (Å²) in [6.07, 6.45) is 2.45. The molecule has 0 aliphatic rings. The van der Waals surface area contributed by atoms with Crippen molar-refractivity contribution in [1.82, 2.24) is 0 Å². The molecule has 0 amide bonds. The molecule has 0 unspecified atom stereocenters. The molecule has 0 spiro atoms. The van der Waals surface area contributed by atoms with Crippen molar-refractivity contribution >= 4 is 34.5 Å². The van der Waals surface area contributed by atoms with Gasteiger partial charge in [-0.1, -0.05) is 6.07 Å². The number of methoxy groups -OCH3 is 2. The van der Waals surface area contributed by atoms with E-state index in [0.717, 1.165) is 4.88 Å². The van der Waals surface area contributed by atoms with Gasteiger partial charge in [-0.05, 0) is 35.7 Å². The summed E-state index contributed by atoms with van der Waals surface area (Å²) >= 11 is 3.35. The number of carbonyl (C=O) groups excluding carboxylic acids is 1. The molecule has 2 aromatic rings. The van der Waals surface area contributed by atoms with Crippen LogP contribution in [0.1, 0.15) is 4.88 Å². The molecule has 0 radical (unpaired) electrons. The molecule has 2 rings (SSSR count). The van der Waals surface area contributed by atoms with Crippen LogP contribution in [-0.4, -0.2) is 26.3 Å². The van der Waals surface area contributed by atoms with Crippen molar-refractivity contribution in [3.05, 3.63) is 40.6 Å². The van der Waals surface area contributed by atoms with Crippen molar-refractivity contribution in [2.24, 2.45) is 0 Å². The van der Waals surface area contributed by atoms with E-state index >= 15 is 0 Å². The highest BCUT2D eigenvalue weighted by Crippen LogP contribution is 2.31. The summed E-state index contributed by atoms with van der Waals surface area (Å²) < 4.78 is 9.79. The molecule has 0 N–H and O–H groups in total. The fraction of sp³-hybridized carbons (Fsp3) is 0.214. The molecule has 2 heterocycles. The predicted molar refractivity (Wildman–Crippen MR) is 79.5 cm³/mol. The zero-order chi connectivity index (χ0) is 13.7. The third-order valence-corrected chi connectivity index (χ3v) is 4.58. The smallest absolute Gasteiger partial charge is 0.221 e. The van der Waals surface area contributed by atoms with Crippen LogP contribution in [0.4, 0.5) is 0 Å². The van der Waals surface area contributed by atoms with Crippen LogP contribution < -0.4 is 0 Å². The lowest BCUT2D eigenvalue weighted by Crippen LogP contribution is -2.22. The molecule has 0 atom stereocenters. The van der Waals surface area contributed by atoms with Crippen LogP contribution in [0.5, 0.6) is 0 Å². The highest BCUT2D eigenvalue weighted by molar-refractivity contribution is 7.21. The van der Waals surface area contributed by atoms with Gasteiger partial charge in [-0.25, -0.2) is 0 Å². The second-order valence-electron chi connectivity index (χ2n) is 3.72.